The van der Waals surface area contributed by atoms with E-state index in [9.17, 15) is 33.8 Å². The Kier molecular flexibility index (Phi) is 7.75. The van der Waals surface area contributed by atoms with Gasteiger partial charge >= 0.3 is 11.9 Å². The predicted molar refractivity (Wildman–Crippen MR) is 165 cm³/mol. The predicted octanol–water partition coefficient (Wildman–Crippen LogP) is 6.44. The second-order valence-corrected chi connectivity index (χ2v) is 10.8. The lowest BCUT2D eigenvalue weighted by Crippen LogP contribution is -2.03. The molecule has 10 nitrogen and oxygen atoms in total. The topological polar surface area (TPSA) is 164 Å². The first-order valence-electron chi connectivity index (χ1n) is 13.3. The average Bonchev–Trinajstić information content (AvgIpc) is 3.61. The molecule has 2 aromatic heterocycles. The molecule has 0 saturated heterocycles. The van der Waals surface area contributed by atoms with Gasteiger partial charge in [-0.25, -0.2) is 14.0 Å². The fraction of sp³-hybridized carbons (Fsp3) is 0.125. The van der Waals surface area contributed by atoms with Gasteiger partial charge in [-0.2, -0.15) is 0 Å². The third kappa shape index (κ3) is 5.40. The summed E-state index contributed by atoms with van der Waals surface area (Å²) in [6.07, 6.45) is 3.21. The molecule has 0 unspecified atom stereocenters. The normalized spacial score (nSPS) is 15.0. The van der Waals surface area contributed by atoms with Gasteiger partial charge in [-0.3, -0.25) is 9.59 Å². The van der Waals surface area contributed by atoms with Gasteiger partial charge in [0.2, 0.25) is 0 Å². The van der Waals surface area contributed by atoms with Crippen molar-refractivity contribution >= 4 is 70.0 Å². The van der Waals surface area contributed by atoms with Gasteiger partial charge < -0.3 is 30.8 Å². The number of hydrogen-bond donors (Lipinski definition) is 6. The zero-order valence-electron chi connectivity index (χ0n) is 23.9. The first kappa shape index (κ1) is 30.1. The summed E-state index contributed by atoms with van der Waals surface area (Å²) >= 11 is 5.99. The Morgan fingerprint density at radius 3 is 1.59 bits per heavy atom. The molecule has 0 atom stereocenters. The highest BCUT2D eigenvalue weighted by atomic mass is 35.5. The van der Waals surface area contributed by atoms with Gasteiger partial charge in [-0.1, -0.05) is 11.6 Å². The molecule has 4 aromatic rings. The SMILES string of the molecule is Cc1[nH]c(/C=C2\C(=O)Nc3ccc(Cl)cc32)c(C)c1C(=O)O.Cc1[nH]c(/C=C2\C(=O)Nc3ccc(F)cc32)c(C)c1C(=O)O. The number of carbonyl (C=O) groups excluding carboxylic acids is 2. The van der Waals surface area contributed by atoms with E-state index in [0.29, 0.717) is 72.6 Å². The number of amides is 2. The fourth-order valence-electron chi connectivity index (χ4n) is 5.37. The summed E-state index contributed by atoms with van der Waals surface area (Å²) in [5, 5.41) is 24.4. The lowest BCUT2D eigenvalue weighted by molar-refractivity contribution is -0.111. The molecule has 0 aliphatic carbocycles. The van der Waals surface area contributed by atoms with E-state index in [1.807, 2.05) is 0 Å². The highest BCUT2D eigenvalue weighted by molar-refractivity contribution is 6.37. The zero-order chi connectivity index (χ0) is 32.0. The first-order chi connectivity index (χ1) is 20.8. The smallest absolute Gasteiger partial charge is 0.337 e. The fourth-order valence-corrected chi connectivity index (χ4v) is 5.55. The number of aryl methyl sites for hydroxylation is 2. The lowest BCUT2D eigenvalue weighted by Gasteiger charge is -1.99. The number of carbonyl (C=O) groups is 4. The summed E-state index contributed by atoms with van der Waals surface area (Å²) in [6.45, 7) is 6.72. The minimum atomic E-state index is -1.03. The average molecular weight is 617 g/mol. The monoisotopic (exact) mass is 616 g/mol. The number of anilines is 2. The van der Waals surface area contributed by atoms with E-state index in [0.717, 1.165) is 0 Å². The van der Waals surface area contributed by atoms with Gasteiger partial charge in [-0.05, 0) is 87.4 Å². The van der Waals surface area contributed by atoms with Crippen LogP contribution in [0.4, 0.5) is 15.8 Å². The molecule has 12 heteroatoms. The Balaban J connectivity index is 0.000000175. The maximum absolute atomic E-state index is 13.4. The van der Waals surface area contributed by atoms with Crippen LogP contribution >= 0.6 is 11.6 Å². The van der Waals surface area contributed by atoms with Crippen molar-refractivity contribution in [2.75, 3.05) is 10.6 Å². The third-order valence-electron chi connectivity index (χ3n) is 7.49. The van der Waals surface area contributed by atoms with Crippen LogP contribution in [0.1, 0.15) is 65.7 Å². The van der Waals surface area contributed by atoms with Crippen LogP contribution in [0.2, 0.25) is 5.02 Å². The standard InChI is InChI=1S/C16H13ClN2O3.C16H13FN2O3/c2*1-7-13(18-8(2)14(7)16(21)22)6-11-10-5-9(17)3-4-12(10)19-15(11)20/h2*3-6,18H,1-2H3,(H,19,20)(H,21,22)/b2*11-6-. The van der Waals surface area contributed by atoms with Crippen molar-refractivity contribution in [2.24, 2.45) is 0 Å². The molecule has 4 heterocycles. The Bertz CT molecular complexity index is 1840. The van der Waals surface area contributed by atoms with Crippen LogP contribution in [0.3, 0.4) is 0 Å². The summed E-state index contributed by atoms with van der Waals surface area (Å²) in [5.41, 5.74) is 6.92. The van der Waals surface area contributed by atoms with Gasteiger partial charge in [0, 0.05) is 50.3 Å². The van der Waals surface area contributed by atoms with Gasteiger partial charge in [0.05, 0.1) is 22.3 Å². The molecule has 224 valence electrons. The molecule has 0 bridgehead atoms. The minimum Gasteiger partial charge on any atom is -0.478 e. The van der Waals surface area contributed by atoms with Crippen molar-refractivity contribution in [2.45, 2.75) is 27.7 Å². The Hall–Kier alpha value is -5.42. The molecule has 2 aliphatic heterocycles. The summed E-state index contributed by atoms with van der Waals surface area (Å²) in [6, 6.07) is 9.21. The Morgan fingerprint density at radius 1 is 0.727 bits per heavy atom. The van der Waals surface area contributed by atoms with E-state index in [4.69, 9.17) is 11.6 Å². The first-order valence-corrected chi connectivity index (χ1v) is 13.7. The van der Waals surface area contributed by atoms with Crippen molar-refractivity contribution in [3.63, 3.8) is 0 Å². The number of rotatable bonds is 4. The largest absolute Gasteiger partial charge is 0.478 e. The maximum atomic E-state index is 13.4. The summed E-state index contributed by atoms with van der Waals surface area (Å²) in [7, 11) is 0. The van der Waals surface area contributed by atoms with Crippen molar-refractivity contribution in [1.29, 1.82) is 0 Å². The van der Waals surface area contributed by atoms with Gasteiger partial charge in [0.1, 0.15) is 5.82 Å². The van der Waals surface area contributed by atoms with Crippen LogP contribution < -0.4 is 10.6 Å². The van der Waals surface area contributed by atoms with Gasteiger partial charge in [0.15, 0.2) is 0 Å². The van der Waals surface area contributed by atoms with Crippen molar-refractivity contribution in [1.82, 2.24) is 9.97 Å². The summed E-state index contributed by atoms with van der Waals surface area (Å²) in [4.78, 5) is 52.6. The van der Waals surface area contributed by atoms with Crippen LogP contribution in [0, 0.1) is 33.5 Å². The third-order valence-corrected chi connectivity index (χ3v) is 7.72. The van der Waals surface area contributed by atoms with Crippen LogP contribution in [0.25, 0.3) is 23.3 Å². The molecule has 6 N–H and O–H groups in total. The number of fused-ring (bicyclic) bond motifs is 2. The van der Waals surface area contributed by atoms with Gasteiger partial charge in [0.25, 0.3) is 11.8 Å². The van der Waals surface area contributed by atoms with Crippen molar-refractivity contribution in [3.05, 3.63) is 103 Å². The number of aromatic amines is 2. The molecule has 0 saturated carbocycles. The number of halogens is 2. The van der Waals surface area contributed by atoms with Crippen LogP contribution in [0.15, 0.2) is 36.4 Å². The number of nitrogens with one attached hydrogen (secondary N) is 4. The number of carboxylic acids is 2. The molecule has 6 rings (SSSR count). The highest BCUT2D eigenvalue weighted by Gasteiger charge is 2.27. The van der Waals surface area contributed by atoms with Crippen LogP contribution in [0.5, 0.6) is 0 Å². The lowest BCUT2D eigenvalue weighted by atomic mass is 10.0. The molecule has 0 spiro atoms. The molecule has 2 amide bonds. The van der Waals surface area contributed by atoms with Crippen LogP contribution in [-0.4, -0.2) is 43.9 Å². The maximum Gasteiger partial charge on any atom is 0.337 e. The van der Waals surface area contributed by atoms with Gasteiger partial charge in [-0.15, -0.1) is 0 Å². The number of benzene rings is 2. The molecular formula is C32H26ClFN4O6. The van der Waals surface area contributed by atoms with E-state index >= 15 is 0 Å². The Morgan fingerprint density at radius 2 is 1.16 bits per heavy atom. The molecule has 2 aliphatic rings. The Labute approximate surface area is 255 Å². The van der Waals surface area contributed by atoms with E-state index in [1.165, 1.54) is 18.2 Å². The highest BCUT2D eigenvalue weighted by Crippen LogP contribution is 2.36. The molecule has 0 fully saturated rings. The second-order valence-electron chi connectivity index (χ2n) is 10.3. The van der Waals surface area contributed by atoms with Crippen molar-refractivity contribution < 1.29 is 33.8 Å². The number of aromatic carboxylic acids is 2. The number of aromatic nitrogens is 2. The zero-order valence-corrected chi connectivity index (χ0v) is 24.7. The van der Waals surface area contributed by atoms with E-state index in [1.54, 1.807) is 58.0 Å². The van der Waals surface area contributed by atoms with E-state index in [-0.39, 0.29) is 22.9 Å². The quantitative estimate of drug-likeness (QED) is 0.144. The minimum absolute atomic E-state index is 0.185. The molecule has 2 aromatic carbocycles. The van der Waals surface area contributed by atoms with Crippen molar-refractivity contribution in [3.8, 4) is 0 Å². The van der Waals surface area contributed by atoms with E-state index in [2.05, 4.69) is 20.6 Å². The molecule has 44 heavy (non-hydrogen) atoms. The second kappa shape index (κ2) is 11.3. The summed E-state index contributed by atoms with van der Waals surface area (Å²) < 4.78 is 13.4. The molecule has 0 radical (unpaired) electrons. The summed E-state index contributed by atoms with van der Waals surface area (Å²) in [5.74, 6) is -3.04. The number of carboxylic acid groups (broad SMARTS) is 2. The molecular weight excluding hydrogens is 591 g/mol. The number of hydrogen-bond acceptors (Lipinski definition) is 4. The number of H-pyrrole nitrogens is 2. The van der Waals surface area contributed by atoms with Crippen LogP contribution in [-0.2, 0) is 9.59 Å². The van der Waals surface area contributed by atoms with E-state index < -0.39 is 17.8 Å².